The summed E-state index contributed by atoms with van der Waals surface area (Å²) in [7, 11) is 2.11. The highest BCUT2D eigenvalue weighted by Crippen LogP contribution is 2.29. The van der Waals surface area contributed by atoms with Crippen molar-refractivity contribution in [1.82, 2.24) is 0 Å². The summed E-state index contributed by atoms with van der Waals surface area (Å²) in [6.45, 7) is 0. The van der Waals surface area contributed by atoms with Crippen LogP contribution in [0.3, 0.4) is 0 Å². The molecule has 0 aliphatic carbocycles. The zero-order chi connectivity index (χ0) is 14.9. The van der Waals surface area contributed by atoms with E-state index in [1.807, 2.05) is 0 Å². The molecule has 0 radical (unpaired) electrons. The van der Waals surface area contributed by atoms with Crippen molar-refractivity contribution in [2.45, 2.75) is 5.89 Å². The first kappa shape index (κ1) is 9.70. The first-order valence-electron chi connectivity index (χ1n) is 6.12. The number of carbonyl (C=O) groups excluding carboxylic acids is 2. The second-order valence-electron chi connectivity index (χ2n) is 3.43. The normalized spacial score (nSPS) is 12.8. The summed E-state index contributed by atoms with van der Waals surface area (Å²) in [5, 5.41) is 0.323. The third-order valence-electron chi connectivity index (χ3n) is 2.45. The molecule has 94 valence electrons. The minimum absolute atomic E-state index is 0.188. The van der Waals surface area contributed by atoms with E-state index in [1.165, 1.54) is 0 Å². The first-order chi connectivity index (χ1) is 9.46. The van der Waals surface area contributed by atoms with Crippen LogP contribution in [-0.4, -0.2) is 26.2 Å². The molecule has 0 fully saturated rings. The number of carbonyl (C=O) groups is 2. The lowest BCUT2D eigenvalue weighted by molar-refractivity contribution is -0.154. The van der Waals surface area contributed by atoms with Gasteiger partial charge in [0.05, 0.1) is 21.8 Å². The van der Waals surface area contributed by atoms with Gasteiger partial charge in [-0.25, -0.2) is 0 Å². The standard InChI is InChI=1S/C13H12O5/c1-16-12(14)11(13(15)17-2)9-7-18-10-6-4-3-5-8(9)10/h3-7,11H,1-2H3/i7D,11D. The Morgan fingerprint density at radius 1 is 1.28 bits per heavy atom. The van der Waals surface area contributed by atoms with E-state index >= 15 is 0 Å². The fraction of sp³-hybridized carbons (Fsp3) is 0.231. The van der Waals surface area contributed by atoms with E-state index in [0.717, 1.165) is 14.2 Å². The Hall–Kier alpha value is -2.30. The van der Waals surface area contributed by atoms with Crippen molar-refractivity contribution in [3.63, 3.8) is 0 Å². The van der Waals surface area contributed by atoms with Crippen LogP contribution >= 0.6 is 0 Å². The smallest absolute Gasteiger partial charge is 0.324 e. The summed E-state index contributed by atoms with van der Waals surface area (Å²) in [5.74, 6) is -4.76. The van der Waals surface area contributed by atoms with Gasteiger partial charge in [0.2, 0.25) is 0 Å². The maximum atomic E-state index is 11.9. The van der Waals surface area contributed by atoms with Gasteiger partial charge in [-0.3, -0.25) is 9.59 Å². The molecule has 0 aliphatic heterocycles. The fourth-order valence-corrected chi connectivity index (χ4v) is 1.60. The monoisotopic (exact) mass is 250 g/mol. The predicted octanol–water partition coefficient (Wildman–Crippen LogP) is 1.86. The summed E-state index contributed by atoms with van der Waals surface area (Å²) in [5.41, 5.74) is 0.115. The van der Waals surface area contributed by atoms with Crippen LogP contribution in [0.1, 0.15) is 14.2 Å². The van der Waals surface area contributed by atoms with E-state index < -0.39 is 24.1 Å². The third kappa shape index (κ3) is 1.95. The SMILES string of the molecule is [2H]c1oc2ccccc2c1C([2H])(C(=O)OC)C(=O)OC. The van der Waals surface area contributed by atoms with E-state index in [4.69, 9.17) is 7.16 Å². The van der Waals surface area contributed by atoms with Crippen LogP contribution in [0, 0.1) is 0 Å². The van der Waals surface area contributed by atoms with Gasteiger partial charge >= 0.3 is 11.9 Å². The van der Waals surface area contributed by atoms with Crippen LogP contribution in [0.25, 0.3) is 11.0 Å². The highest BCUT2D eigenvalue weighted by atomic mass is 16.5. The molecular formula is C13H12O5. The third-order valence-corrected chi connectivity index (χ3v) is 2.45. The Balaban J connectivity index is 2.78. The van der Waals surface area contributed by atoms with Crippen molar-refractivity contribution < 1.29 is 26.2 Å². The zero-order valence-corrected chi connectivity index (χ0v) is 9.85. The van der Waals surface area contributed by atoms with Gasteiger partial charge in [-0.1, -0.05) is 18.2 Å². The molecular weight excluding hydrogens is 236 g/mol. The Bertz CT molecular complexity index is 660. The van der Waals surface area contributed by atoms with Crippen LogP contribution in [0.15, 0.2) is 34.9 Å². The number of fused-ring (bicyclic) bond motifs is 1. The number of ether oxygens (including phenoxy) is 2. The lowest BCUT2D eigenvalue weighted by atomic mass is 9.99. The van der Waals surface area contributed by atoms with E-state index in [0.29, 0.717) is 11.0 Å². The van der Waals surface area contributed by atoms with Crippen LogP contribution < -0.4 is 0 Å². The Labute approximate surface area is 106 Å². The molecule has 0 spiro atoms. The summed E-state index contributed by atoms with van der Waals surface area (Å²) >= 11 is 0. The molecule has 0 saturated carbocycles. The van der Waals surface area contributed by atoms with Crippen molar-refractivity contribution in [2.24, 2.45) is 0 Å². The molecule has 1 aromatic carbocycles. The maximum absolute atomic E-state index is 11.9. The average Bonchev–Trinajstić information content (AvgIpc) is 2.80. The molecule has 0 atom stereocenters. The van der Waals surface area contributed by atoms with Gasteiger partial charge in [0.25, 0.3) is 0 Å². The van der Waals surface area contributed by atoms with Gasteiger partial charge in [0, 0.05) is 10.9 Å². The highest BCUT2D eigenvalue weighted by molar-refractivity contribution is 6.04. The topological polar surface area (TPSA) is 65.7 Å². The largest absolute Gasteiger partial charge is 0.468 e. The van der Waals surface area contributed by atoms with E-state index in [2.05, 4.69) is 9.47 Å². The molecule has 5 nitrogen and oxygen atoms in total. The first-order valence-corrected chi connectivity index (χ1v) is 5.12. The number of para-hydroxylation sites is 1. The Morgan fingerprint density at radius 3 is 2.50 bits per heavy atom. The van der Waals surface area contributed by atoms with Crippen LogP contribution in [0.2, 0.25) is 0 Å². The molecule has 0 amide bonds. The van der Waals surface area contributed by atoms with Crippen LogP contribution in [-0.2, 0) is 19.1 Å². The molecule has 0 N–H and O–H groups in total. The van der Waals surface area contributed by atoms with Gasteiger partial charge < -0.3 is 13.9 Å². The van der Waals surface area contributed by atoms with Crippen molar-refractivity contribution in [1.29, 1.82) is 0 Å². The van der Waals surface area contributed by atoms with Crippen molar-refractivity contribution >= 4 is 22.9 Å². The molecule has 0 unspecified atom stereocenters. The number of hydrogen-bond donors (Lipinski definition) is 0. The molecule has 0 saturated heterocycles. The minimum Gasteiger partial charge on any atom is -0.468 e. The molecule has 1 heterocycles. The van der Waals surface area contributed by atoms with Gasteiger partial charge in [0.1, 0.15) is 6.95 Å². The lowest BCUT2D eigenvalue weighted by Crippen LogP contribution is -2.24. The van der Waals surface area contributed by atoms with Gasteiger partial charge in [-0.05, 0) is 6.07 Å². The predicted molar refractivity (Wildman–Crippen MR) is 63.0 cm³/mol. The fourth-order valence-electron chi connectivity index (χ4n) is 1.60. The highest BCUT2D eigenvalue weighted by Gasteiger charge is 2.33. The summed E-state index contributed by atoms with van der Waals surface area (Å²) in [4.78, 5) is 23.8. The van der Waals surface area contributed by atoms with Crippen LogP contribution in [0.4, 0.5) is 0 Å². The molecule has 1 aromatic heterocycles. The molecule has 5 heteroatoms. The Kier molecular flexibility index (Phi) is 2.65. The molecule has 2 aromatic rings. The number of rotatable bonds is 3. The number of hydrogen-bond acceptors (Lipinski definition) is 5. The summed E-state index contributed by atoms with van der Waals surface area (Å²) in [6, 6.07) is 6.46. The van der Waals surface area contributed by atoms with Gasteiger partial charge in [-0.2, -0.15) is 0 Å². The van der Waals surface area contributed by atoms with Crippen molar-refractivity contribution in [3.05, 3.63) is 36.1 Å². The molecule has 2 rings (SSSR count). The Morgan fingerprint density at radius 2 is 1.89 bits per heavy atom. The second-order valence-corrected chi connectivity index (χ2v) is 3.43. The zero-order valence-electron chi connectivity index (χ0n) is 11.9. The summed E-state index contributed by atoms with van der Waals surface area (Å²) in [6.07, 6.45) is -0.447. The van der Waals surface area contributed by atoms with Gasteiger partial charge in [0.15, 0.2) is 5.89 Å². The van der Waals surface area contributed by atoms with Crippen molar-refractivity contribution in [3.8, 4) is 0 Å². The minimum atomic E-state index is -2.49. The maximum Gasteiger partial charge on any atom is 0.324 e. The molecule has 18 heavy (non-hydrogen) atoms. The van der Waals surface area contributed by atoms with E-state index in [-0.39, 0.29) is 5.56 Å². The second kappa shape index (κ2) is 4.91. The van der Waals surface area contributed by atoms with E-state index in [9.17, 15) is 9.59 Å². The van der Waals surface area contributed by atoms with Crippen molar-refractivity contribution in [2.75, 3.05) is 14.2 Å². The van der Waals surface area contributed by atoms with Gasteiger partial charge in [-0.15, -0.1) is 0 Å². The van der Waals surface area contributed by atoms with Crippen LogP contribution in [0.5, 0.6) is 0 Å². The molecule has 0 bridgehead atoms. The lowest BCUT2D eigenvalue weighted by Gasteiger charge is -2.10. The number of methoxy groups -OCH3 is 2. The quantitative estimate of drug-likeness (QED) is 0.614. The number of furan rings is 1. The molecule has 0 aliphatic rings. The number of esters is 2. The summed E-state index contributed by atoms with van der Waals surface area (Å²) < 4.78 is 30.2. The van der Waals surface area contributed by atoms with E-state index in [1.54, 1.807) is 24.3 Å². The number of benzene rings is 1. The average molecular weight is 250 g/mol.